The average Bonchev–Trinajstić information content (AvgIpc) is 2.41. The molecule has 2 rings (SSSR count). The molecule has 8 heteroatoms. The van der Waals surface area contributed by atoms with Crippen LogP contribution in [-0.4, -0.2) is 49.9 Å². The molecule has 0 spiro atoms. The Labute approximate surface area is 137 Å². The first-order valence-corrected chi connectivity index (χ1v) is 9.39. The van der Waals surface area contributed by atoms with E-state index in [1.807, 2.05) is 0 Å². The molecule has 1 unspecified atom stereocenters. The maximum absolute atomic E-state index is 12.3. The van der Waals surface area contributed by atoms with Crippen LogP contribution in [-0.2, 0) is 14.6 Å². The molecule has 5 nitrogen and oxygen atoms in total. The molecular formula is C13H15BrClNO4S. The lowest BCUT2D eigenvalue weighted by Crippen LogP contribution is -2.48. The van der Waals surface area contributed by atoms with Gasteiger partial charge in [0, 0.05) is 18.1 Å². The van der Waals surface area contributed by atoms with Crippen molar-refractivity contribution < 1.29 is 17.9 Å². The Bertz CT molecular complexity index is 636. The first kappa shape index (κ1) is 16.6. The van der Waals surface area contributed by atoms with E-state index in [-0.39, 0.29) is 30.5 Å². The van der Waals surface area contributed by atoms with Crippen molar-refractivity contribution in [2.75, 3.05) is 24.6 Å². The number of hydrogen-bond donors (Lipinski definition) is 0. The van der Waals surface area contributed by atoms with Crippen molar-refractivity contribution in [2.24, 2.45) is 0 Å². The quantitative estimate of drug-likeness (QED) is 0.785. The van der Waals surface area contributed by atoms with Gasteiger partial charge in [0.25, 0.3) is 5.91 Å². The van der Waals surface area contributed by atoms with Crippen molar-refractivity contribution in [3.05, 3.63) is 27.7 Å². The molecule has 0 aliphatic carbocycles. The van der Waals surface area contributed by atoms with E-state index >= 15 is 0 Å². The summed E-state index contributed by atoms with van der Waals surface area (Å²) in [6.45, 7) is 2.08. The molecule has 1 aliphatic heterocycles. The second-order valence-electron chi connectivity index (χ2n) is 4.81. The molecule has 1 heterocycles. The van der Waals surface area contributed by atoms with Gasteiger partial charge in [-0.1, -0.05) is 11.6 Å². The Kier molecular flexibility index (Phi) is 5.16. The predicted octanol–water partition coefficient (Wildman–Crippen LogP) is 2.13. The minimum absolute atomic E-state index is 0.0100. The topological polar surface area (TPSA) is 63.7 Å². The number of nitrogens with zero attached hydrogens (tertiary/aromatic N) is 1. The van der Waals surface area contributed by atoms with Crippen molar-refractivity contribution in [3.63, 3.8) is 0 Å². The molecule has 0 N–H and O–H groups in total. The van der Waals surface area contributed by atoms with Crippen molar-refractivity contribution in [1.82, 2.24) is 4.90 Å². The van der Waals surface area contributed by atoms with Crippen LogP contribution in [0.4, 0.5) is 0 Å². The van der Waals surface area contributed by atoms with Gasteiger partial charge in [0.05, 0.1) is 16.0 Å². The average molecular weight is 397 g/mol. The van der Waals surface area contributed by atoms with Crippen LogP contribution in [0, 0.1) is 0 Å². The summed E-state index contributed by atoms with van der Waals surface area (Å²) in [6.07, 6.45) is -0.691. The van der Waals surface area contributed by atoms with Gasteiger partial charge >= 0.3 is 0 Å². The molecule has 1 saturated heterocycles. The SMILES string of the molecule is CC(Oc1ccc(Cl)cc1Br)C(=O)N1CCS(=O)(=O)CC1. The highest BCUT2D eigenvalue weighted by Crippen LogP contribution is 2.29. The Morgan fingerprint density at radius 3 is 2.57 bits per heavy atom. The third-order valence-electron chi connectivity index (χ3n) is 3.20. The third-order valence-corrected chi connectivity index (χ3v) is 5.67. The van der Waals surface area contributed by atoms with E-state index in [2.05, 4.69) is 15.9 Å². The van der Waals surface area contributed by atoms with E-state index < -0.39 is 15.9 Å². The number of sulfone groups is 1. The van der Waals surface area contributed by atoms with Crippen LogP contribution < -0.4 is 4.74 Å². The standard InChI is InChI=1S/C13H15BrClNO4S/c1-9(20-12-3-2-10(15)8-11(12)14)13(17)16-4-6-21(18,19)7-5-16/h2-3,8-9H,4-7H2,1H3. The van der Waals surface area contributed by atoms with E-state index in [0.29, 0.717) is 15.2 Å². The van der Waals surface area contributed by atoms with Crippen LogP contribution >= 0.6 is 27.5 Å². The van der Waals surface area contributed by atoms with E-state index in [4.69, 9.17) is 16.3 Å². The normalized spacial score (nSPS) is 19.1. The summed E-state index contributed by atoms with van der Waals surface area (Å²) in [5.74, 6) is 0.322. The van der Waals surface area contributed by atoms with Crippen molar-refractivity contribution in [1.29, 1.82) is 0 Å². The highest BCUT2D eigenvalue weighted by atomic mass is 79.9. The zero-order chi connectivity index (χ0) is 15.6. The molecule has 21 heavy (non-hydrogen) atoms. The molecule has 1 aliphatic rings. The van der Waals surface area contributed by atoms with Crippen molar-refractivity contribution in [2.45, 2.75) is 13.0 Å². The first-order valence-electron chi connectivity index (χ1n) is 6.39. The smallest absolute Gasteiger partial charge is 0.263 e. The molecule has 0 aromatic heterocycles. The molecule has 0 radical (unpaired) electrons. The summed E-state index contributed by atoms with van der Waals surface area (Å²) in [5.41, 5.74) is 0. The third kappa shape index (κ3) is 4.34. The lowest BCUT2D eigenvalue weighted by Gasteiger charge is -2.29. The predicted molar refractivity (Wildman–Crippen MR) is 84.5 cm³/mol. The molecule has 1 atom stereocenters. The van der Waals surface area contributed by atoms with Gasteiger partial charge in [-0.3, -0.25) is 4.79 Å². The molecule has 0 saturated carbocycles. The lowest BCUT2D eigenvalue weighted by molar-refractivity contribution is -0.137. The largest absolute Gasteiger partial charge is 0.480 e. The molecule has 116 valence electrons. The highest BCUT2D eigenvalue weighted by Gasteiger charge is 2.28. The van der Waals surface area contributed by atoms with Crippen molar-refractivity contribution in [3.8, 4) is 5.75 Å². The number of halogens is 2. The van der Waals surface area contributed by atoms with Gasteiger partial charge in [-0.25, -0.2) is 8.42 Å². The van der Waals surface area contributed by atoms with Crippen LogP contribution in [0.25, 0.3) is 0 Å². The number of carbonyl (C=O) groups excluding carboxylic acids is 1. The van der Waals surface area contributed by atoms with Gasteiger partial charge in [-0.15, -0.1) is 0 Å². The van der Waals surface area contributed by atoms with Gasteiger partial charge in [0.15, 0.2) is 15.9 Å². The number of ether oxygens (including phenoxy) is 1. The number of hydrogen-bond acceptors (Lipinski definition) is 4. The molecule has 1 aromatic rings. The van der Waals surface area contributed by atoms with E-state index in [1.54, 1.807) is 25.1 Å². The Hall–Kier alpha value is -0.790. The van der Waals surface area contributed by atoms with Crippen LogP contribution in [0.5, 0.6) is 5.75 Å². The molecule has 0 bridgehead atoms. The molecule has 1 aromatic carbocycles. The number of rotatable bonds is 3. The van der Waals surface area contributed by atoms with Crippen LogP contribution in [0.1, 0.15) is 6.92 Å². The number of amides is 1. The zero-order valence-electron chi connectivity index (χ0n) is 11.4. The second kappa shape index (κ2) is 6.54. The Morgan fingerprint density at radius 2 is 2.00 bits per heavy atom. The maximum atomic E-state index is 12.3. The van der Waals surface area contributed by atoms with Gasteiger partial charge in [0.2, 0.25) is 0 Å². The van der Waals surface area contributed by atoms with Crippen molar-refractivity contribution >= 4 is 43.3 Å². The lowest BCUT2D eigenvalue weighted by atomic mass is 10.3. The minimum Gasteiger partial charge on any atom is -0.480 e. The number of carbonyl (C=O) groups is 1. The van der Waals surface area contributed by atoms with E-state index in [9.17, 15) is 13.2 Å². The molecular weight excluding hydrogens is 382 g/mol. The fourth-order valence-electron chi connectivity index (χ4n) is 2.00. The number of benzene rings is 1. The summed E-state index contributed by atoms with van der Waals surface area (Å²) < 4.78 is 29.0. The first-order chi connectivity index (χ1) is 9.78. The van der Waals surface area contributed by atoms with Gasteiger partial charge in [-0.2, -0.15) is 0 Å². The Morgan fingerprint density at radius 1 is 1.38 bits per heavy atom. The summed E-state index contributed by atoms with van der Waals surface area (Å²) in [6, 6.07) is 5.03. The zero-order valence-corrected chi connectivity index (χ0v) is 14.5. The Balaban J connectivity index is 2.00. The fraction of sp³-hybridized carbons (Fsp3) is 0.462. The van der Waals surface area contributed by atoms with E-state index in [0.717, 1.165) is 0 Å². The fourth-order valence-corrected chi connectivity index (χ4v) is 3.98. The summed E-state index contributed by atoms with van der Waals surface area (Å²) >= 11 is 9.17. The molecule has 1 fully saturated rings. The maximum Gasteiger partial charge on any atom is 0.263 e. The van der Waals surface area contributed by atoms with Crippen LogP contribution in [0.2, 0.25) is 5.02 Å². The van der Waals surface area contributed by atoms with E-state index in [1.165, 1.54) is 4.90 Å². The van der Waals surface area contributed by atoms with Crippen LogP contribution in [0.3, 0.4) is 0 Å². The summed E-state index contributed by atoms with van der Waals surface area (Å²) in [7, 11) is -3.00. The monoisotopic (exact) mass is 395 g/mol. The molecule has 1 amide bonds. The van der Waals surface area contributed by atoms with Crippen LogP contribution in [0.15, 0.2) is 22.7 Å². The van der Waals surface area contributed by atoms with Gasteiger partial charge in [-0.05, 0) is 41.1 Å². The second-order valence-corrected chi connectivity index (χ2v) is 8.41. The summed E-state index contributed by atoms with van der Waals surface area (Å²) in [4.78, 5) is 13.8. The summed E-state index contributed by atoms with van der Waals surface area (Å²) in [5, 5.41) is 0.564. The highest BCUT2D eigenvalue weighted by molar-refractivity contribution is 9.10. The van der Waals surface area contributed by atoms with Gasteiger partial charge < -0.3 is 9.64 Å². The van der Waals surface area contributed by atoms with Gasteiger partial charge in [0.1, 0.15) is 5.75 Å². The minimum atomic E-state index is -3.00.